The van der Waals surface area contributed by atoms with Gasteiger partial charge in [-0.2, -0.15) is 0 Å². The van der Waals surface area contributed by atoms with Gasteiger partial charge in [-0.25, -0.2) is 4.99 Å². The Balaban J connectivity index is 2.62. The Bertz CT molecular complexity index is 432. The van der Waals surface area contributed by atoms with E-state index in [4.69, 9.17) is 0 Å². The molecule has 0 fully saturated rings. The van der Waals surface area contributed by atoms with Gasteiger partial charge in [0.15, 0.2) is 0 Å². The summed E-state index contributed by atoms with van der Waals surface area (Å²) in [6, 6.07) is 6.34. The largest absolute Gasteiger partial charge is 0.247 e. The van der Waals surface area contributed by atoms with Gasteiger partial charge in [0.1, 0.15) is 5.70 Å². The molecule has 1 heteroatoms. The molecule has 0 aromatic heterocycles. The maximum Gasteiger partial charge on any atom is 0.112 e. The molecule has 1 heterocycles. The van der Waals surface area contributed by atoms with Crippen molar-refractivity contribution in [3.8, 4) is 0 Å². The smallest absolute Gasteiger partial charge is 0.112 e. The number of nitrogens with zero attached hydrogens (tertiary/aromatic N) is 1. The number of allylic oxidation sites excluding steroid dienone is 1. The second-order valence-corrected chi connectivity index (χ2v) is 3.13. The number of hydrogen-bond acceptors (Lipinski definition) is 1. The average Bonchev–Trinajstić information content (AvgIpc) is 2.49. The Labute approximate surface area is 78.1 Å². The van der Waals surface area contributed by atoms with Crippen LogP contribution in [-0.2, 0) is 0 Å². The first-order chi connectivity index (χ1) is 6.31. The van der Waals surface area contributed by atoms with Crippen LogP contribution in [0.15, 0.2) is 35.0 Å². The Hall–Kier alpha value is -1.59. The van der Waals surface area contributed by atoms with Crippen LogP contribution in [0.2, 0.25) is 0 Å². The molecule has 0 spiro atoms. The minimum absolute atomic E-state index is 0.942. The molecule has 1 aliphatic heterocycles. The molecule has 0 aliphatic carbocycles. The lowest BCUT2D eigenvalue weighted by molar-refractivity contribution is 1.45. The molecular formula is C12H11N. The lowest BCUT2D eigenvalue weighted by atomic mass is 10.1. The number of aliphatic imine (C=N–C) groups is 1. The van der Waals surface area contributed by atoms with E-state index < -0.39 is 0 Å². The van der Waals surface area contributed by atoms with Crippen LogP contribution in [0.4, 0.5) is 0 Å². The summed E-state index contributed by atoms with van der Waals surface area (Å²) in [4.78, 5) is 4.28. The predicted octanol–water partition coefficient (Wildman–Crippen LogP) is 2.94. The maximum absolute atomic E-state index is 4.28. The van der Waals surface area contributed by atoms with Gasteiger partial charge in [-0.3, -0.25) is 0 Å². The van der Waals surface area contributed by atoms with E-state index >= 15 is 0 Å². The third kappa shape index (κ3) is 1.34. The van der Waals surface area contributed by atoms with Crippen LogP contribution in [0.5, 0.6) is 0 Å². The van der Waals surface area contributed by atoms with Crippen LogP contribution in [0, 0.1) is 6.92 Å². The van der Waals surface area contributed by atoms with Crippen molar-refractivity contribution in [2.24, 2.45) is 4.99 Å². The van der Waals surface area contributed by atoms with Gasteiger partial charge in [-0.15, -0.1) is 0 Å². The summed E-state index contributed by atoms with van der Waals surface area (Å²) in [5, 5.41) is 0. The summed E-state index contributed by atoms with van der Waals surface area (Å²) in [6.07, 6.45) is 3.79. The third-order valence-corrected chi connectivity index (χ3v) is 2.08. The molecule has 2 rings (SSSR count). The number of hydrogen-bond donors (Lipinski definition) is 0. The fourth-order valence-electron chi connectivity index (χ4n) is 1.46. The van der Waals surface area contributed by atoms with Crippen molar-refractivity contribution < 1.29 is 0 Å². The molecule has 0 amide bonds. The minimum atomic E-state index is 0.942. The summed E-state index contributed by atoms with van der Waals surface area (Å²) >= 11 is 0. The van der Waals surface area contributed by atoms with Crippen molar-refractivity contribution in [2.75, 3.05) is 0 Å². The van der Waals surface area contributed by atoms with Crippen molar-refractivity contribution in [1.29, 1.82) is 0 Å². The fourth-order valence-corrected chi connectivity index (χ4v) is 1.46. The molecule has 1 aromatic rings. The van der Waals surface area contributed by atoms with Gasteiger partial charge in [0, 0.05) is 17.3 Å². The summed E-state index contributed by atoms with van der Waals surface area (Å²) < 4.78 is 0. The van der Waals surface area contributed by atoms with E-state index in [9.17, 15) is 0 Å². The molecule has 0 radical (unpaired) electrons. The van der Waals surface area contributed by atoms with E-state index in [1.54, 1.807) is 0 Å². The third-order valence-electron chi connectivity index (χ3n) is 2.08. The van der Waals surface area contributed by atoms with Crippen LogP contribution >= 0.6 is 0 Å². The van der Waals surface area contributed by atoms with Gasteiger partial charge >= 0.3 is 0 Å². The Morgan fingerprint density at radius 2 is 2.23 bits per heavy atom. The zero-order valence-corrected chi connectivity index (χ0v) is 7.83. The van der Waals surface area contributed by atoms with Crippen molar-refractivity contribution >= 4 is 11.9 Å². The summed E-state index contributed by atoms with van der Waals surface area (Å²) in [7, 11) is 0. The van der Waals surface area contributed by atoms with Crippen LogP contribution in [0.3, 0.4) is 0 Å². The topological polar surface area (TPSA) is 12.4 Å². The molecule has 0 N–H and O–H groups in total. The lowest BCUT2D eigenvalue weighted by Gasteiger charge is -1.97. The summed E-state index contributed by atoms with van der Waals surface area (Å²) in [5.41, 5.74) is 7.71. The highest BCUT2D eigenvalue weighted by molar-refractivity contribution is 5.97. The van der Waals surface area contributed by atoms with Gasteiger partial charge in [0.05, 0.1) is 0 Å². The lowest BCUT2D eigenvalue weighted by Crippen LogP contribution is -1.83. The Kier molecular flexibility index (Phi) is 1.88. The Morgan fingerprint density at radius 3 is 3.00 bits per heavy atom. The molecule has 0 saturated carbocycles. The first-order valence-electron chi connectivity index (χ1n) is 4.37. The number of benzene rings is 1. The van der Waals surface area contributed by atoms with E-state index in [0.29, 0.717) is 0 Å². The normalized spacial score (nSPS) is 12.6. The SMILES string of the molecule is CC=C=C1N=Cc2cc(C)ccc21. The zero-order chi connectivity index (χ0) is 9.26. The van der Waals surface area contributed by atoms with Gasteiger partial charge in [-0.05, 0) is 26.0 Å². The molecular weight excluding hydrogens is 158 g/mol. The predicted molar refractivity (Wildman–Crippen MR) is 55.9 cm³/mol. The van der Waals surface area contributed by atoms with Crippen molar-refractivity contribution in [3.63, 3.8) is 0 Å². The highest BCUT2D eigenvalue weighted by Gasteiger charge is 2.10. The van der Waals surface area contributed by atoms with Gasteiger partial charge < -0.3 is 0 Å². The minimum Gasteiger partial charge on any atom is -0.247 e. The van der Waals surface area contributed by atoms with E-state index in [2.05, 4.69) is 35.8 Å². The van der Waals surface area contributed by atoms with E-state index in [1.807, 2.05) is 19.2 Å². The molecule has 1 aromatic carbocycles. The van der Waals surface area contributed by atoms with Crippen LogP contribution < -0.4 is 0 Å². The quantitative estimate of drug-likeness (QED) is 0.529. The molecule has 0 bridgehead atoms. The monoisotopic (exact) mass is 169 g/mol. The van der Waals surface area contributed by atoms with Gasteiger partial charge in [0.2, 0.25) is 0 Å². The maximum atomic E-state index is 4.28. The Morgan fingerprint density at radius 1 is 1.38 bits per heavy atom. The van der Waals surface area contributed by atoms with Crippen LogP contribution in [0.1, 0.15) is 23.6 Å². The fraction of sp³-hybridized carbons (Fsp3) is 0.167. The standard InChI is InChI=1S/C12H11N/c1-3-4-12-11-6-5-9(2)7-10(11)8-13-12/h3,5-8H,1-2H3. The second kappa shape index (κ2) is 3.04. The average molecular weight is 169 g/mol. The molecule has 64 valence electrons. The number of rotatable bonds is 0. The first-order valence-corrected chi connectivity index (χ1v) is 4.37. The summed E-state index contributed by atoms with van der Waals surface area (Å²) in [6.45, 7) is 4.04. The zero-order valence-electron chi connectivity index (χ0n) is 7.83. The summed E-state index contributed by atoms with van der Waals surface area (Å²) in [5.74, 6) is 0. The molecule has 0 unspecified atom stereocenters. The van der Waals surface area contributed by atoms with E-state index in [1.165, 1.54) is 16.7 Å². The molecule has 0 atom stereocenters. The molecule has 1 nitrogen and oxygen atoms in total. The van der Waals surface area contributed by atoms with E-state index in [0.717, 1.165) is 5.70 Å². The second-order valence-electron chi connectivity index (χ2n) is 3.13. The van der Waals surface area contributed by atoms with Gasteiger partial charge in [-0.1, -0.05) is 23.4 Å². The molecule has 1 aliphatic rings. The highest BCUT2D eigenvalue weighted by atomic mass is 14.8. The van der Waals surface area contributed by atoms with Crippen molar-refractivity contribution in [2.45, 2.75) is 13.8 Å². The van der Waals surface area contributed by atoms with Crippen molar-refractivity contribution in [1.82, 2.24) is 0 Å². The van der Waals surface area contributed by atoms with Crippen molar-refractivity contribution in [3.05, 3.63) is 46.7 Å². The highest BCUT2D eigenvalue weighted by Crippen LogP contribution is 2.24. The van der Waals surface area contributed by atoms with E-state index in [-0.39, 0.29) is 0 Å². The first kappa shape index (κ1) is 8.03. The number of aryl methyl sites for hydroxylation is 1. The van der Waals surface area contributed by atoms with Crippen LogP contribution in [0.25, 0.3) is 5.70 Å². The number of fused-ring (bicyclic) bond motifs is 1. The molecule has 13 heavy (non-hydrogen) atoms. The molecule has 0 saturated heterocycles. The van der Waals surface area contributed by atoms with Gasteiger partial charge in [0.25, 0.3) is 0 Å². The van der Waals surface area contributed by atoms with Crippen LogP contribution in [-0.4, -0.2) is 6.21 Å².